The number of hydrogen-bond acceptors (Lipinski definition) is 7. The molecule has 2 aromatic heterocycles. The Morgan fingerprint density at radius 2 is 1.34 bits per heavy atom. The summed E-state index contributed by atoms with van der Waals surface area (Å²) < 4.78 is 4.78. The molecule has 2 aliphatic rings. The second kappa shape index (κ2) is 14.5. The molecule has 4 N–H and O–H groups in total. The molecule has 7 rings (SSSR count). The number of fused-ring (bicyclic) bond motifs is 4. The predicted molar refractivity (Wildman–Crippen MR) is 203 cm³/mol. The van der Waals surface area contributed by atoms with Gasteiger partial charge in [-0.1, -0.05) is 52.0 Å². The lowest BCUT2D eigenvalue weighted by molar-refractivity contribution is -0.138. The van der Waals surface area contributed by atoms with Crippen molar-refractivity contribution in [1.82, 2.24) is 40.4 Å². The van der Waals surface area contributed by atoms with E-state index in [1.165, 1.54) is 14.0 Å². The van der Waals surface area contributed by atoms with Crippen molar-refractivity contribution in [1.29, 1.82) is 0 Å². The van der Waals surface area contributed by atoms with Crippen molar-refractivity contribution in [3.8, 4) is 11.1 Å². The Labute approximate surface area is 308 Å². The van der Waals surface area contributed by atoms with Crippen molar-refractivity contribution in [2.24, 2.45) is 11.8 Å². The highest BCUT2D eigenvalue weighted by Gasteiger charge is 2.39. The van der Waals surface area contributed by atoms with Gasteiger partial charge in [0.25, 0.3) is 0 Å². The minimum absolute atomic E-state index is 0.0341. The molecule has 0 bridgehead atoms. The molecule has 5 aromatic rings. The number of aromatic amines is 2. The summed E-state index contributed by atoms with van der Waals surface area (Å²) in [6.45, 7) is 10.4. The van der Waals surface area contributed by atoms with Crippen LogP contribution in [-0.4, -0.2) is 85.8 Å². The molecule has 2 fully saturated rings. The molecule has 2 aliphatic heterocycles. The second-order valence-corrected chi connectivity index (χ2v) is 15.0. The molecule has 53 heavy (non-hydrogen) atoms. The van der Waals surface area contributed by atoms with Crippen LogP contribution < -0.4 is 10.6 Å². The Kier molecular flexibility index (Phi) is 9.84. The smallest absolute Gasteiger partial charge is 0.407 e. The molecule has 0 radical (unpaired) electrons. The lowest BCUT2D eigenvalue weighted by Gasteiger charge is -2.30. The Morgan fingerprint density at radius 3 is 1.96 bits per heavy atom. The molecule has 13 nitrogen and oxygen atoms in total. The third kappa shape index (κ3) is 6.92. The van der Waals surface area contributed by atoms with Gasteiger partial charge in [0.15, 0.2) is 0 Å². The number of methoxy groups -OCH3 is 1. The summed E-state index contributed by atoms with van der Waals surface area (Å²) >= 11 is 0. The number of H-pyrrole nitrogens is 2. The van der Waals surface area contributed by atoms with Crippen LogP contribution in [0.4, 0.5) is 4.79 Å². The monoisotopic (exact) mass is 720 g/mol. The number of rotatable bonds is 9. The van der Waals surface area contributed by atoms with Crippen LogP contribution in [0.25, 0.3) is 44.0 Å². The topological polar surface area (TPSA) is 165 Å². The SMILES string of the molecule is COC(=O)N[C@H](C(=O)N1CCC[C@H]1c1nc2c(ccc3cc(-c4ccc5nc([C@@H]6CCCN6C(=O)[C@@H](NC(C)=O)C(C)C)[nH]c5c4)ccc32)[nH]1)C(C)C. The van der Waals surface area contributed by atoms with Crippen molar-refractivity contribution in [3.63, 3.8) is 0 Å². The second-order valence-electron chi connectivity index (χ2n) is 15.0. The van der Waals surface area contributed by atoms with Gasteiger partial charge in [0, 0.05) is 25.4 Å². The van der Waals surface area contributed by atoms with Crippen LogP contribution in [0.2, 0.25) is 0 Å². The summed E-state index contributed by atoms with van der Waals surface area (Å²) in [7, 11) is 1.29. The molecule has 4 atom stereocenters. The maximum atomic E-state index is 13.7. The summed E-state index contributed by atoms with van der Waals surface area (Å²) in [6, 6.07) is 14.9. The molecule has 0 aliphatic carbocycles. The van der Waals surface area contributed by atoms with Gasteiger partial charge in [-0.2, -0.15) is 0 Å². The van der Waals surface area contributed by atoms with Gasteiger partial charge in [-0.25, -0.2) is 14.8 Å². The van der Waals surface area contributed by atoms with Crippen molar-refractivity contribution < 1.29 is 23.9 Å². The van der Waals surface area contributed by atoms with Crippen molar-refractivity contribution in [2.75, 3.05) is 20.2 Å². The fourth-order valence-corrected chi connectivity index (χ4v) is 7.94. The number of hydrogen-bond donors (Lipinski definition) is 4. The summed E-state index contributed by atoms with van der Waals surface area (Å²) in [5.74, 6) is 0.919. The van der Waals surface area contributed by atoms with Crippen LogP contribution >= 0.6 is 0 Å². The molecule has 0 spiro atoms. The number of amides is 4. The summed E-state index contributed by atoms with van der Waals surface area (Å²) in [6.07, 6.45) is 2.67. The van der Waals surface area contributed by atoms with Crippen molar-refractivity contribution in [3.05, 3.63) is 60.2 Å². The zero-order valence-electron chi connectivity index (χ0n) is 31.2. The van der Waals surface area contributed by atoms with Gasteiger partial charge in [0.1, 0.15) is 23.7 Å². The van der Waals surface area contributed by atoms with E-state index in [-0.39, 0.29) is 41.6 Å². The Morgan fingerprint density at radius 1 is 0.755 bits per heavy atom. The first-order valence-corrected chi connectivity index (χ1v) is 18.6. The standard InChI is InChI=1S/C40H48N8O5/c1-21(2)33(41-23(5)49)38(50)47-17-7-9-31(47)36-42-28-15-12-25(20-30(28)44-36)24-11-14-27-26(19-24)13-16-29-35(27)45-37(43-29)32-10-8-18-48(32)39(51)34(22(3)4)46-40(52)53-6/h11-16,19-22,31-34H,7-10,17-18H2,1-6H3,(H,41,49)(H,42,44)(H,43,45)(H,46,52)/t31-,32-,33-,34-/m0/s1. The van der Waals surface area contributed by atoms with E-state index >= 15 is 0 Å². The average Bonchev–Trinajstić information content (AvgIpc) is 3.96. The quantitative estimate of drug-likeness (QED) is 0.142. The summed E-state index contributed by atoms with van der Waals surface area (Å²) in [5.41, 5.74) is 5.54. The zero-order valence-corrected chi connectivity index (χ0v) is 31.2. The Bertz CT molecular complexity index is 2210. The van der Waals surface area contributed by atoms with Gasteiger partial charge in [-0.3, -0.25) is 14.4 Å². The first-order valence-electron chi connectivity index (χ1n) is 18.6. The number of carbonyl (C=O) groups excluding carboxylic acids is 4. The van der Waals surface area contributed by atoms with Gasteiger partial charge < -0.3 is 35.1 Å². The van der Waals surface area contributed by atoms with Crippen LogP contribution in [-0.2, 0) is 19.1 Å². The van der Waals surface area contributed by atoms with Gasteiger partial charge in [-0.15, -0.1) is 0 Å². The van der Waals surface area contributed by atoms with E-state index in [2.05, 4.69) is 57.0 Å². The maximum Gasteiger partial charge on any atom is 0.407 e. The molecule has 4 amide bonds. The van der Waals surface area contributed by atoms with Crippen LogP contribution in [0.3, 0.4) is 0 Å². The van der Waals surface area contributed by atoms with Gasteiger partial charge >= 0.3 is 6.09 Å². The fraction of sp³-hybridized carbons (Fsp3) is 0.450. The number of carbonyl (C=O) groups is 4. The first kappa shape index (κ1) is 35.9. The minimum Gasteiger partial charge on any atom is -0.453 e. The predicted octanol–water partition coefficient (Wildman–Crippen LogP) is 6.13. The number of benzene rings is 3. The normalized spacial score (nSPS) is 18.7. The van der Waals surface area contributed by atoms with Crippen molar-refractivity contribution >= 4 is 56.7 Å². The lowest BCUT2D eigenvalue weighted by atomic mass is 10.0. The molecule has 278 valence electrons. The number of imidazole rings is 2. The Balaban J connectivity index is 1.13. The number of aromatic nitrogens is 4. The van der Waals surface area contributed by atoms with Crippen LogP contribution in [0, 0.1) is 11.8 Å². The molecule has 4 heterocycles. The zero-order chi connectivity index (χ0) is 37.6. The molecule has 13 heteroatoms. The molecular formula is C40H48N8O5. The minimum atomic E-state index is -0.695. The highest BCUT2D eigenvalue weighted by atomic mass is 16.5. The van der Waals surface area contributed by atoms with Gasteiger partial charge in [0.2, 0.25) is 17.7 Å². The van der Waals surface area contributed by atoms with E-state index in [1.807, 2.05) is 49.6 Å². The molecular weight excluding hydrogens is 672 g/mol. The van der Waals surface area contributed by atoms with E-state index in [0.717, 1.165) is 81.3 Å². The first-order chi connectivity index (χ1) is 25.4. The third-order valence-corrected chi connectivity index (χ3v) is 10.7. The number of nitrogens with one attached hydrogen (secondary N) is 4. The average molecular weight is 721 g/mol. The molecule has 2 saturated heterocycles. The molecule has 3 aromatic carbocycles. The number of alkyl carbamates (subject to hydrolysis) is 1. The number of nitrogens with zero attached hydrogens (tertiary/aromatic N) is 4. The highest BCUT2D eigenvalue weighted by molar-refractivity contribution is 6.05. The molecule has 0 saturated carbocycles. The van der Waals surface area contributed by atoms with E-state index < -0.39 is 18.2 Å². The van der Waals surface area contributed by atoms with E-state index in [4.69, 9.17) is 14.7 Å². The van der Waals surface area contributed by atoms with Gasteiger partial charge in [-0.05, 0) is 78.3 Å². The van der Waals surface area contributed by atoms with E-state index in [9.17, 15) is 19.2 Å². The highest BCUT2D eigenvalue weighted by Crippen LogP contribution is 2.37. The molecule has 0 unspecified atom stereocenters. The van der Waals surface area contributed by atoms with Crippen LogP contribution in [0.1, 0.15) is 84.0 Å². The lowest BCUT2D eigenvalue weighted by Crippen LogP contribution is -2.51. The maximum absolute atomic E-state index is 13.7. The van der Waals surface area contributed by atoms with Crippen LogP contribution in [0.15, 0.2) is 48.5 Å². The number of likely N-dealkylation sites (tertiary alicyclic amines) is 2. The third-order valence-electron chi connectivity index (χ3n) is 10.7. The van der Waals surface area contributed by atoms with E-state index in [1.54, 1.807) is 0 Å². The summed E-state index contributed by atoms with van der Waals surface area (Å²) in [5, 5.41) is 7.60. The van der Waals surface area contributed by atoms with Crippen LogP contribution in [0.5, 0.6) is 0 Å². The largest absolute Gasteiger partial charge is 0.453 e. The number of ether oxygens (including phenoxy) is 1. The fourth-order valence-electron chi connectivity index (χ4n) is 7.94. The Hall–Kier alpha value is -5.46. The van der Waals surface area contributed by atoms with Gasteiger partial charge in [0.05, 0.1) is 41.3 Å². The van der Waals surface area contributed by atoms with Crippen molar-refractivity contribution in [2.45, 2.75) is 84.5 Å². The van der Waals surface area contributed by atoms with E-state index in [0.29, 0.717) is 13.1 Å². The summed E-state index contributed by atoms with van der Waals surface area (Å²) in [4.78, 5) is 71.7.